The molecule has 0 amide bonds. The van der Waals surface area contributed by atoms with Crippen molar-refractivity contribution in [1.82, 2.24) is 0 Å². The second-order valence-electron chi connectivity index (χ2n) is 7.90. The molecule has 2 aromatic rings. The van der Waals surface area contributed by atoms with Crippen LogP contribution in [-0.2, 0) is 9.47 Å². The molecule has 4 nitrogen and oxygen atoms in total. The standard InChI is InChI=1S/C25H26O4/c1-17-12-21(8-11-25(17)29-16-24-15-28-24)20-4-2-18(3-5-20)19-6-9-22(10-7-19)26-13-23-14-27-23/h2,5-12,23-24H,3-4,13-16H2,1H3. The Bertz CT molecular complexity index is 934. The Kier molecular flexibility index (Phi) is 5.13. The SMILES string of the molecule is Cc1cc(C2=CCC(c3ccc(OCC4CO4)cc3)=CC2)ccc1OCC1CO1. The minimum absolute atomic E-state index is 0.284. The number of benzene rings is 2. The zero-order valence-electron chi connectivity index (χ0n) is 16.7. The van der Waals surface area contributed by atoms with Crippen LogP contribution in [0, 0.1) is 6.92 Å². The molecule has 3 aliphatic rings. The number of hydrogen-bond donors (Lipinski definition) is 0. The van der Waals surface area contributed by atoms with E-state index in [1.54, 1.807) is 0 Å². The molecule has 5 rings (SSSR count). The summed E-state index contributed by atoms with van der Waals surface area (Å²) in [5.41, 5.74) is 6.45. The molecule has 0 spiro atoms. The van der Waals surface area contributed by atoms with Crippen molar-refractivity contribution in [2.24, 2.45) is 0 Å². The van der Waals surface area contributed by atoms with Crippen molar-refractivity contribution in [3.05, 3.63) is 71.3 Å². The van der Waals surface area contributed by atoms with Crippen molar-refractivity contribution < 1.29 is 18.9 Å². The van der Waals surface area contributed by atoms with Crippen LogP contribution in [0.5, 0.6) is 11.5 Å². The first-order valence-electron chi connectivity index (χ1n) is 10.3. The quantitative estimate of drug-likeness (QED) is 0.607. The predicted molar refractivity (Wildman–Crippen MR) is 113 cm³/mol. The van der Waals surface area contributed by atoms with E-state index in [1.165, 1.54) is 27.8 Å². The number of ether oxygens (including phenoxy) is 4. The van der Waals surface area contributed by atoms with Crippen LogP contribution in [0.25, 0.3) is 11.1 Å². The van der Waals surface area contributed by atoms with E-state index in [9.17, 15) is 0 Å². The number of allylic oxidation sites excluding steroid dienone is 4. The molecule has 4 heteroatoms. The molecule has 0 radical (unpaired) electrons. The lowest BCUT2D eigenvalue weighted by atomic mass is 9.90. The van der Waals surface area contributed by atoms with Gasteiger partial charge in [0.1, 0.15) is 36.9 Å². The largest absolute Gasteiger partial charge is 0.491 e. The van der Waals surface area contributed by atoms with Gasteiger partial charge in [0.2, 0.25) is 0 Å². The van der Waals surface area contributed by atoms with Crippen LogP contribution >= 0.6 is 0 Å². The summed E-state index contributed by atoms with van der Waals surface area (Å²) in [4.78, 5) is 0. The Morgan fingerprint density at radius 2 is 1.38 bits per heavy atom. The van der Waals surface area contributed by atoms with E-state index in [0.717, 1.165) is 37.6 Å². The molecular weight excluding hydrogens is 364 g/mol. The van der Waals surface area contributed by atoms with Gasteiger partial charge < -0.3 is 18.9 Å². The monoisotopic (exact) mass is 390 g/mol. The third kappa shape index (κ3) is 4.72. The maximum absolute atomic E-state index is 5.85. The molecule has 2 aromatic carbocycles. The van der Waals surface area contributed by atoms with Gasteiger partial charge in [-0.3, -0.25) is 0 Å². The number of epoxide rings is 2. The molecule has 0 saturated carbocycles. The molecule has 150 valence electrons. The molecule has 2 aliphatic heterocycles. The summed E-state index contributed by atoms with van der Waals surface area (Å²) in [5, 5.41) is 0. The smallest absolute Gasteiger partial charge is 0.122 e. The highest BCUT2D eigenvalue weighted by Crippen LogP contribution is 2.33. The van der Waals surface area contributed by atoms with Crippen molar-refractivity contribution in [3.63, 3.8) is 0 Å². The van der Waals surface area contributed by atoms with E-state index in [4.69, 9.17) is 18.9 Å². The molecule has 0 bridgehead atoms. The van der Waals surface area contributed by atoms with Gasteiger partial charge in [-0.1, -0.05) is 30.4 Å². The molecule has 0 aromatic heterocycles. The molecule has 2 unspecified atom stereocenters. The third-order valence-electron chi connectivity index (χ3n) is 5.57. The zero-order valence-corrected chi connectivity index (χ0v) is 16.7. The third-order valence-corrected chi connectivity index (χ3v) is 5.57. The van der Waals surface area contributed by atoms with Gasteiger partial charge in [-0.25, -0.2) is 0 Å². The van der Waals surface area contributed by atoms with Crippen LogP contribution < -0.4 is 9.47 Å². The first-order chi connectivity index (χ1) is 14.2. The van der Waals surface area contributed by atoms with Crippen molar-refractivity contribution in [1.29, 1.82) is 0 Å². The van der Waals surface area contributed by atoms with E-state index >= 15 is 0 Å². The van der Waals surface area contributed by atoms with Crippen molar-refractivity contribution >= 4 is 11.1 Å². The molecule has 2 saturated heterocycles. The summed E-state index contributed by atoms with van der Waals surface area (Å²) in [7, 11) is 0. The van der Waals surface area contributed by atoms with Crippen molar-refractivity contribution in [2.45, 2.75) is 32.0 Å². The van der Waals surface area contributed by atoms with E-state index in [1.807, 2.05) is 12.1 Å². The van der Waals surface area contributed by atoms with Crippen molar-refractivity contribution in [3.8, 4) is 11.5 Å². The van der Waals surface area contributed by atoms with E-state index in [2.05, 4.69) is 49.4 Å². The van der Waals surface area contributed by atoms with Crippen LogP contribution in [0.4, 0.5) is 0 Å². The summed E-state index contributed by atoms with van der Waals surface area (Å²) >= 11 is 0. The van der Waals surface area contributed by atoms with Gasteiger partial charge in [-0.15, -0.1) is 0 Å². The molecule has 2 heterocycles. The fourth-order valence-corrected chi connectivity index (χ4v) is 3.58. The highest BCUT2D eigenvalue weighted by atomic mass is 16.6. The molecule has 1 aliphatic carbocycles. The molecule has 2 atom stereocenters. The number of hydrogen-bond acceptors (Lipinski definition) is 4. The summed E-state index contributed by atoms with van der Waals surface area (Å²) in [6, 6.07) is 14.9. The van der Waals surface area contributed by atoms with E-state index in [-0.39, 0.29) is 12.2 Å². The molecular formula is C25H26O4. The summed E-state index contributed by atoms with van der Waals surface area (Å²) in [6.07, 6.45) is 7.15. The lowest BCUT2D eigenvalue weighted by molar-refractivity contribution is 0.262. The van der Waals surface area contributed by atoms with Gasteiger partial charge in [0, 0.05) is 0 Å². The highest BCUT2D eigenvalue weighted by Gasteiger charge is 2.24. The first-order valence-corrected chi connectivity index (χ1v) is 10.3. The van der Waals surface area contributed by atoms with E-state index in [0.29, 0.717) is 13.2 Å². The fraction of sp³-hybridized carbons (Fsp3) is 0.360. The Labute approximate surface area is 171 Å². The fourth-order valence-electron chi connectivity index (χ4n) is 3.58. The average molecular weight is 390 g/mol. The van der Waals surface area contributed by atoms with Crippen LogP contribution in [0.15, 0.2) is 54.6 Å². The second-order valence-corrected chi connectivity index (χ2v) is 7.90. The second kappa shape index (κ2) is 8.05. The maximum Gasteiger partial charge on any atom is 0.122 e. The van der Waals surface area contributed by atoms with Gasteiger partial charge in [0.25, 0.3) is 0 Å². The minimum Gasteiger partial charge on any atom is -0.491 e. The summed E-state index contributed by atoms with van der Waals surface area (Å²) < 4.78 is 22.0. The maximum atomic E-state index is 5.85. The Morgan fingerprint density at radius 1 is 0.793 bits per heavy atom. The first kappa shape index (κ1) is 18.5. The molecule has 29 heavy (non-hydrogen) atoms. The van der Waals surface area contributed by atoms with Crippen LogP contribution in [0.3, 0.4) is 0 Å². The summed E-state index contributed by atoms with van der Waals surface area (Å²) in [6.45, 7) is 5.04. The topological polar surface area (TPSA) is 43.5 Å². The predicted octanol–water partition coefficient (Wildman–Crippen LogP) is 4.81. The van der Waals surface area contributed by atoms with Gasteiger partial charge >= 0.3 is 0 Å². The van der Waals surface area contributed by atoms with Crippen molar-refractivity contribution in [2.75, 3.05) is 26.4 Å². The van der Waals surface area contributed by atoms with Gasteiger partial charge in [0.05, 0.1) is 13.2 Å². The highest BCUT2D eigenvalue weighted by molar-refractivity contribution is 5.78. The van der Waals surface area contributed by atoms with Crippen LogP contribution in [-0.4, -0.2) is 38.6 Å². The average Bonchev–Trinajstić information content (AvgIpc) is 3.67. The van der Waals surface area contributed by atoms with Crippen LogP contribution in [0.2, 0.25) is 0 Å². The van der Waals surface area contributed by atoms with E-state index < -0.39 is 0 Å². The normalized spacial score (nSPS) is 22.5. The summed E-state index contributed by atoms with van der Waals surface area (Å²) in [5.74, 6) is 1.86. The van der Waals surface area contributed by atoms with Gasteiger partial charge in [-0.05, 0) is 71.9 Å². The molecule has 2 fully saturated rings. The van der Waals surface area contributed by atoms with Crippen LogP contribution in [0.1, 0.15) is 29.5 Å². The lowest BCUT2D eigenvalue weighted by Crippen LogP contribution is -2.05. The Hall–Kier alpha value is -2.56. The lowest BCUT2D eigenvalue weighted by Gasteiger charge is -2.16. The van der Waals surface area contributed by atoms with Gasteiger partial charge in [0.15, 0.2) is 0 Å². The Balaban J connectivity index is 1.19. The Morgan fingerprint density at radius 3 is 1.97 bits per heavy atom. The zero-order chi connectivity index (χ0) is 19.6. The number of rotatable bonds is 8. The number of aryl methyl sites for hydroxylation is 1. The van der Waals surface area contributed by atoms with Gasteiger partial charge in [-0.2, -0.15) is 0 Å². The molecule has 0 N–H and O–H groups in total. The minimum atomic E-state index is 0.284.